The lowest BCUT2D eigenvalue weighted by Crippen LogP contribution is -2.20. The van der Waals surface area contributed by atoms with Gasteiger partial charge in [0.1, 0.15) is 5.69 Å². The van der Waals surface area contributed by atoms with Crippen LogP contribution in [0.4, 0.5) is 5.69 Å². The Hall–Kier alpha value is -4.97. The van der Waals surface area contributed by atoms with Crippen LogP contribution in [0.1, 0.15) is 76.3 Å². The van der Waals surface area contributed by atoms with Crippen molar-refractivity contribution in [2.45, 2.75) is 65.2 Å². The van der Waals surface area contributed by atoms with Gasteiger partial charge in [0.2, 0.25) is 10.0 Å². The number of anilines is 1. The van der Waals surface area contributed by atoms with Crippen LogP contribution in [0.5, 0.6) is 0 Å². The first-order valence-electron chi connectivity index (χ1n) is 19.0. The number of esters is 1. The number of rotatable bonds is 17. The van der Waals surface area contributed by atoms with Crippen molar-refractivity contribution >= 4 is 68.4 Å². The predicted molar refractivity (Wildman–Crippen MR) is 227 cm³/mol. The van der Waals surface area contributed by atoms with E-state index in [1.807, 2.05) is 25.1 Å². The molecule has 292 valence electrons. The Bertz CT molecular complexity index is 2460. The van der Waals surface area contributed by atoms with E-state index in [2.05, 4.69) is 51.2 Å². The van der Waals surface area contributed by atoms with Crippen molar-refractivity contribution in [2.75, 3.05) is 24.1 Å². The number of para-hydroxylation sites is 1. The summed E-state index contributed by atoms with van der Waals surface area (Å²) in [6.45, 7) is 4.99. The van der Waals surface area contributed by atoms with E-state index in [9.17, 15) is 13.2 Å². The van der Waals surface area contributed by atoms with Gasteiger partial charge in [0.05, 0.1) is 39.4 Å². The largest absolute Gasteiger partial charge is 0.465 e. The molecule has 0 atom stereocenters. The van der Waals surface area contributed by atoms with Crippen molar-refractivity contribution in [1.82, 2.24) is 24.7 Å². The monoisotopic (exact) mass is 812 g/mol. The Kier molecular flexibility index (Phi) is 13.6. The summed E-state index contributed by atoms with van der Waals surface area (Å²) in [6.07, 6.45) is 17.9. The summed E-state index contributed by atoms with van der Waals surface area (Å²) in [5.74, 6) is -0.230. The molecule has 10 nitrogen and oxygen atoms in total. The van der Waals surface area contributed by atoms with Crippen molar-refractivity contribution in [3.8, 4) is 22.6 Å². The molecule has 6 rings (SSSR count). The van der Waals surface area contributed by atoms with E-state index in [0.29, 0.717) is 55.7 Å². The maximum Gasteiger partial charge on any atom is 0.337 e. The van der Waals surface area contributed by atoms with Crippen LogP contribution in [0.25, 0.3) is 46.1 Å². The van der Waals surface area contributed by atoms with Crippen molar-refractivity contribution in [3.05, 3.63) is 117 Å². The number of unbranched alkanes of at least 4 members (excludes halogenated alkanes) is 6. The molecule has 0 radical (unpaired) electrons. The van der Waals surface area contributed by atoms with E-state index < -0.39 is 16.0 Å². The molecule has 0 aliphatic carbocycles. The summed E-state index contributed by atoms with van der Waals surface area (Å²) >= 11 is 12.6. The number of fused-ring (bicyclic) bond motifs is 2. The van der Waals surface area contributed by atoms with Gasteiger partial charge in [0, 0.05) is 35.1 Å². The molecule has 3 heterocycles. The van der Waals surface area contributed by atoms with Crippen molar-refractivity contribution in [3.63, 3.8) is 0 Å². The molecule has 2 aromatic heterocycles. The lowest BCUT2D eigenvalue weighted by atomic mass is 9.99. The number of allylic oxidation sites excluding steroid dienone is 2. The van der Waals surface area contributed by atoms with Crippen LogP contribution in [-0.4, -0.2) is 58.5 Å². The molecule has 0 spiro atoms. The summed E-state index contributed by atoms with van der Waals surface area (Å²) in [6, 6.07) is 20.3. The van der Waals surface area contributed by atoms with Gasteiger partial charge in [-0.2, -0.15) is 9.61 Å². The van der Waals surface area contributed by atoms with Gasteiger partial charge < -0.3 is 9.64 Å². The third-order valence-electron chi connectivity index (χ3n) is 9.60. The van der Waals surface area contributed by atoms with Crippen LogP contribution in [0.15, 0.2) is 90.7 Å². The number of carbonyl (C=O) groups is 1. The molecule has 5 aromatic rings. The summed E-state index contributed by atoms with van der Waals surface area (Å²) in [5.41, 5.74) is 5.46. The number of methoxy groups -OCH3 is 1. The van der Waals surface area contributed by atoms with Gasteiger partial charge in [-0.25, -0.2) is 13.2 Å². The third-order valence-corrected chi connectivity index (χ3v) is 11.7. The molecule has 0 bridgehead atoms. The lowest BCUT2D eigenvalue weighted by Gasteiger charge is -2.28. The maximum absolute atomic E-state index is 13.6. The van der Waals surface area contributed by atoms with E-state index in [-0.39, 0.29) is 11.3 Å². The second-order valence-corrected chi connectivity index (χ2v) is 16.3. The minimum Gasteiger partial charge on any atom is -0.465 e. The molecule has 0 fully saturated rings. The average molecular weight is 814 g/mol. The standard InChI is InChI=1S/C43H46Cl2N6O4S/c1-4-6-8-9-10-15-25-50-26-24-30-16-11-12-17-33(30)39(50)23-21-32(43(52)55-3)28-35-40(34-18-13-14-19-38(34)49-56(53,54)27-7-5-2)48-51-41(46-47-42(35)51)31-20-22-36(44)37(45)29-31/h11-14,16-24,26,28-29,49H,4-10,15,25,27H2,1-3H3/b32-21-,35-28-,39-23-. The van der Waals surface area contributed by atoms with Gasteiger partial charge in [-0.15, -0.1) is 10.2 Å². The number of nitrogens with one attached hydrogen (secondary N) is 1. The molecular weight excluding hydrogens is 767 g/mol. The Labute approximate surface area is 338 Å². The zero-order valence-electron chi connectivity index (χ0n) is 31.8. The highest BCUT2D eigenvalue weighted by Crippen LogP contribution is 2.32. The van der Waals surface area contributed by atoms with Crippen molar-refractivity contribution in [1.29, 1.82) is 0 Å². The van der Waals surface area contributed by atoms with E-state index in [0.717, 1.165) is 42.6 Å². The number of hydrogen-bond acceptors (Lipinski definition) is 8. The van der Waals surface area contributed by atoms with Crippen LogP contribution in [0, 0.1) is 0 Å². The van der Waals surface area contributed by atoms with E-state index in [1.54, 1.807) is 59.1 Å². The number of nitrogens with zero attached hydrogens (tertiary/aromatic N) is 5. The maximum atomic E-state index is 13.6. The highest BCUT2D eigenvalue weighted by atomic mass is 35.5. The number of sulfonamides is 1. The van der Waals surface area contributed by atoms with Gasteiger partial charge in [-0.1, -0.05) is 118 Å². The topological polar surface area (TPSA) is 119 Å². The lowest BCUT2D eigenvalue weighted by molar-refractivity contribution is -0.135. The highest BCUT2D eigenvalue weighted by Gasteiger charge is 2.23. The first-order valence-corrected chi connectivity index (χ1v) is 21.4. The average Bonchev–Trinajstić information content (AvgIpc) is 3.77. The number of halogens is 2. The minimum atomic E-state index is -3.67. The smallest absolute Gasteiger partial charge is 0.337 e. The molecule has 3 aromatic carbocycles. The van der Waals surface area contributed by atoms with Crippen LogP contribution in [0.3, 0.4) is 0 Å². The molecule has 0 saturated heterocycles. The molecular formula is C43H46Cl2N6O4S. The number of aromatic nitrogens is 4. The highest BCUT2D eigenvalue weighted by molar-refractivity contribution is 7.92. The Morgan fingerprint density at radius 3 is 2.38 bits per heavy atom. The SMILES string of the molecule is CCCCCCCCN1C=Cc2ccccc2/C1=C/C=C(/C=c1/c(-c2ccccc2NS(=O)(=O)CCCC)nn2c(-c3ccc(Cl)c(Cl)c3)nnc12)C(=O)OC. The van der Waals surface area contributed by atoms with Gasteiger partial charge in [-0.05, 0) is 67.0 Å². The number of carbonyl (C=O) groups excluding carboxylic acids is 1. The van der Waals surface area contributed by atoms with Gasteiger partial charge in [0.25, 0.3) is 0 Å². The number of benzene rings is 3. The third kappa shape index (κ3) is 9.51. The van der Waals surface area contributed by atoms with Crippen LogP contribution < -0.4 is 9.94 Å². The van der Waals surface area contributed by atoms with Crippen molar-refractivity contribution < 1.29 is 17.9 Å². The molecule has 0 amide bonds. The van der Waals surface area contributed by atoms with Crippen LogP contribution in [-0.2, 0) is 19.6 Å². The zero-order chi connectivity index (χ0) is 39.7. The summed E-state index contributed by atoms with van der Waals surface area (Å²) in [4.78, 5) is 15.8. The fourth-order valence-electron chi connectivity index (χ4n) is 6.62. The molecule has 1 aliphatic heterocycles. The molecule has 1 aliphatic rings. The first kappa shape index (κ1) is 40.7. The van der Waals surface area contributed by atoms with E-state index in [4.69, 9.17) is 33.0 Å². The van der Waals surface area contributed by atoms with E-state index in [1.165, 1.54) is 32.8 Å². The van der Waals surface area contributed by atoms with Crippen LogP contribution >= 0.6 is 23.2 Å². The van der Waals surface area contributed by atoms with Crippen molar-refractivity contribution in [2.24, 2.45) is 0 Å². The zero-order valence-corrected chi connectivity index (χ0v) is 34.2. The summed E-state index contributed by atoms with van der Waals surface area (Å²) < 4.78 is 35.9. The summed E-state index contributed by atoms with van der Waals surface area (Å²) in [7, 11) is -2.34. The normalized spacial score (nSPS) is 14.2. The second-order valence-electron chi connectivity index (χ2n) is 13.6. The Balaban J connectivity index is 1.51. The fraction of sp³-hybridized carbons (Fsp3) is 0.302. The van der Waals surface area contributed by atoms with Gasteiger partial charge >= 0.3 is 5.97 Å². The van der Waals surface area contributed by atoms with Crippen LogP contribution in [0.2, 0.25) is 10.0 Å². The second kappa shape index (κ2) is 18.8. The molecule has 13 heteroatoms. The molecule has 1 N–H and O–H groups in total. The molecule has 56 heavy (non-hydrogen) atoms. The number of hydrogen-bond donors (Lipinski definition) is 1. The van der Waals surface area contributed by atoms with Gasteiger partial charge in [0.15, 0.2) is 11.5 Å². The quantitative estimate of drug-likeness (QED) is 0.0561. The fourth-order valence-corrected chi connectivity index (χ4v) is 8.20. The summed E-state index contributed by atoms with van der Waals surface area (Å²) in [5, 5.41) is 15.1. The van der Waals surface area contributed by atoms with E-state index >= 15 is 0 Å². The predicted octanol–water partition coefficient (Wildman–Crippen LogP) is 9.59. The number of ether oxygens (including phenoxy) is 1. The minimum absolute atomic E-state index is 0.0297. The first-order chi connectivity index (χ1) is 27.1. The Morgan fingerprint density at radius 2 is 1.61 bits per heavy atom. The Morgan fingerprint density at radius 1 is 0.875 bits per heavy atom. The molecule has 0 unspecified atom stereocenters. The molecule has 0 saturated carbocycles. The van der Waals surface area contributed by atoms with Gasteiger partial charge in [-0.3, -0.25) is 4.72 Å².